The van der Waals surface area contributed by atoms with Crippen LogP contribution in [0.5, 0.6) is 0 Å². The van der Waals surface area contributed by atoms with E-state index in [0.29, 0.717) is 23.2 Å². The highest BCUT2D eigenvalue weighted by Crippen LogP contribution is 2.38. The minimum atomic E-state index is -3.61. The first-order valence-electron chi connectivity index (χ1n) is 10.6. The standard InChI is InChI=1S/C24H23FN4O2S/c1-17-7-11-23(18-5-3-2-4-6-18)32(30,31)29(17)15-21-9-8-19(13-22(21)25)20-10-12-24-27-26-16-28(24)14-20/h2-6,8-10,12-14,16-17,23H,7,11,15H2,1H3. The van der Waals surface area contributed by atoms with Crippen molar-refractivity contribution in [3.8, 4) is 11.1 Å². The maximum atomic E-state index is 15.1. The van der Waals surface area contributed by atoms with Crippen molar-refractivity contribution < 1.29 is 12.8 Å². The van der Waals surface area contributed by atoms with E-state index in [0.717, 1.165) is 17.5 Å². The Morgan fingerprint density at radius 1 is 1.03 bits per heavy atom. The van der Waals surface area contributed by atoms with E-state index in [4.69, 9.17) is 0 Å². The summed E-state index contributed by atoms with van der Waals surface area (Å²) >= 11 is 0. The average Bonchev–Trinajstić information content (AvgIpc) is 3.26. The summed E-state index contributed by atoms with van der Waals surface area (Å²) in [6, 6.07) is 17.7. The first kappa shape index (κ1) is 20.8. The maximum Gasteiger partial charge on any atom is 0.221 e. The molecule has 0 bridgehead atoms. The van der Waals surface area contributed by atoms with Crippen LogP contribution in [0.4, 0.5) is 4.39 Å². The largest absolute Gasteiger partial charge is 0.288 e. The second-order valence-corrected chi connectivity index (χ2v) is 10.3. The SMILES string of the molecule is CC1CCC(c2ccccc2)S(=O)(=O)N1Cc1ccc(-c2ccc3nncn3c2)cc1F. The van der Waals surface area contributed by atoms with Gasteiger partial charge in [0.25, 0.3) is 0 Å². The molecule has 2 atom stereocenters. The van der Waals surface area contributed by atoms with Gasteiger partial charge in [0.1, 0.15) is 17.4 Å². The molecule has 32 heavy (non-hydrogen) atoms. The molecule has 6 nitrogen and oxygen atoms in total. The summed E-state index contributed by atoms with van der Waals surface area (Å²) in [5, 5.41) is 7.23. The molecule has 0 amide bonds. The Kier molecular flexibility index (Phi) is 5.27. The zero-order valence-corrected chi connectivity index (χ0v) is 18.4. The van der Waals surface area contributed by atoms with Crippen LogP contribution in [-0.2, 0) is 16.6 Å². The average molecular weight is 451 g/mol. The van der Waals surface area contributed by atoms with Gasteiger partial charge in [0.2, 0.25) is 10.0 Å². The van der Waals surface area contributed by atoms with Crippen LogP contribution in [0.25, 0.3) is 16.8 Å². The Labute approximate surface area is 186 Å². The van der Waals surface area contributed by atoms with Gasteiger partial charge in [-0.25, -0.2) is 12.8 Å². The zero-order valence-electron chi connectivity index (χ0n) is 17.6. The van der Waals surface area contributed by atoms with Gasteiger partial charge in [-0.3, -0.25) is 4.40 Å². The summed E-state index contributed by atoms with van der Waals surface area (Å²) in [4.78, 5) is 0. The molecule has 2 aromatic heterocycles. The van der Waals surface area contributed by atoms with Crippen molar-refractivity contribution >= 4 is 15.7 Å². The second kappa shape index (κ2) is 8.11. The molecule has 2 unspecified atom stereocenters. The second-order valence-electron chi connectivity index (χ2n) is 8.24. The van der Waals surface area contributed by atoms with Gasteiger partial charge >= 0.3 is 0 Å². The molecule has 0 N–H and O–H groups in total. The van der Waals surface area contributed by atoms with Crippen molar-refractivity contribution in [1.82, 2.24) is 18.9 Å². The lowest BCUT2D eigenvalue weighted by atomic mass is 10.0. The molecule has 1 aliphatic heterocycles. The van der Waals surface area contributed by atoms with Crippen molar-refractivity contribution in [3.05, 3.63) is 90.1 Å². The summed E-state index contributed by atoms with van der Waals surface area (Å²) < 4.78 is 45.1. The normalized spacial score (nSPS) is 21.1. The van der Waals surface area contributed by atoms with Crippen molar-refractivity contribution in [2.24, 2.45) is 0 Å². The number of rotatable bonds is 4. The number of nitrogens with zero attached hydrogens (tertiary/aromatic N) is 4. The highest BCUT2D eigenvalue weighted by molar-refractivity contribution is 7.89. The van der Waals surface area contributed by atoms with Crippen LogP contribution in [0.15, 0.2) is 73.2 Å². The maximum absolute atomic E-state index is 15.1. The topological polar surface area (TPSA) is 67.6 Å². The van der Waals surface area contributed by atoms with Crippen LogP contribution in [0.2, 0.25) is 0 Å². The Morgan fingerprint density at radius 2 is 1.81 bits per heavy atom. The van der Waals surface area contributed by atoms with Crippen molar-refractivity contribution in [2.45, 2.75) is 37.6 Å². The van der Waals surface area contributed by atoms with Crippen molar-refractivity contribution in [2.75, 3.05) is 0 Å². The molecule has 3 heterocycles. The van der Waals surface area contributed by atoms with Gasteiger partial charge in [-0.05, 0) is 54.7 Å². The molecule has 8 heteroatoms. The fraction of sp³-hybridized carbons (Fsp3) is 0.250. The Balaban J connectivity index is 1.43. The first-order chi connectivity index (χ1) is 15.4. The summed E-state index contributed by atoms with van der Waals surface area (Å²) in [5.41, 5.74) is 3.39. The van der Waals surface area contributed by atoms with Gasteiger partial charge in [-0.2, -0.15) is 4.31 Å². The highest BCUT2D eigenvalue weighted by atomic mass is 32.2. The molecule has 0 spiro atoms. The summed E-state index contributed by atoms with van der Waals surface area (Å²) in [6.45, 7) is 1.91. The minimum absolute atomic E-state index is 0.0173. The summed E-state index contributed by atoms with van der Waals surface area (Å²) in [5.74, 6) is -0.421. The molecule has 2 aromatic carbocycles. The minimum Gasteiger partial charge on any atom is -0.288 e. The number of pyridine rings is 1. The van der Waals surface area contributed by atoms with E-state index in [1.165, 1.54) is 10.4 Å². The van der Waals surface area contributed by atoms with Crippen LogP contribution in [-0.4, -0.2) is 33.4 Å². The first-order valence-corrected chi connectivity index (χ1v) is 12.1. The fourth-order valence-electron chi connectivity index (χ4n) is 4.37. The lowest BCUT2D eigenvalue weighted by Crippen LogP contribution is -2.44. The van der Waals surface area contributed by atoms with Crippen LogP contribution >= 0.6 is 0 Å². The summed E-state index contributed by atoms with van der Waals surface area (Å²) in [6.07, 6.45) is 4.73. The molecule has 164 valence electrons. The fourth-order valence-corrected chi connectivity index (χ4v) is 6.56. The number of fused-ring (bicyclic) bond motifs is 1. The number of aromatic nitrogens is 3. The van der Waals surface area contributed by atoms with E-state index in [-0.39, 0.29) is 12.6 Å². The van der Waals surface area contributed by atoms with E-state index < -0.39 is 21.1 Å². The monoisotopic (exact) mass is 450 g/mol. The molecule has 4 aromatic rings. The molecular formula is C24H23FN4O2S. The van der Waals surface area contributed by atoms with Gasteiger partial charge in [-0.1, -0.05) is 42.5 Å². The number of benzene rings is 2. The van der Waals surface area contributed by atoms with E-state index in [2.05, 4.69) is 10.2 Å². The van der Waals surface area contributed by atoms with Crippen LogP contribution in [0.3, 0.4) is 0 Å². The van der Waals surface area contributed by atoms with Gasteiger partial charge in [0.05, 0.1) is 0 Å². The van der Waals surface area contributed by atoms with E-state index >= 15 is 4.39 Å². The number of sulfonamides is 1. The quantitative estimate of drug-likeness (QED) is 0.456. The molecule has 1 aliphatic rings. The molecule has 0 radical (unpaired) electrons. The van der Waals surface area contributed by atoms with E-state index in [1.54, 1.807) is 16.8 Å². The van der Waals surface area contributed by atoms with Gasteiger partial charge in [0.15, 0.2) is 5.65 Å². The number of halogens is 1. The third-order valence-electron chi connectivity index (χ3n) is 6.20. The molecule has 0 aliphatic carbocycles. The zero-order chi connectivity index (χ0) is 22.3. The van der Waals surface area contributed by atoms with Gasteiger partial charge < -0.3 is 0 Å². The van der Waals surface area contributed by atoms with Crippen LogP contribution in [0.1, 0.15) is 36.1 Å². The van der Waals surface area contributed by atoms with E-state index in [9.17, 15) is 8.42 Å². The lowest BCUT2D eigenvalue weighted by Gasteiger charge is -2.37. The molecular weight excluding hydrogens is 427 g/mol. The van der Waals surface area contributed by atoms with Gasteiger partial charge in [-0.15, -0.1) is 10.2 Å². The highest BCUT2D eigenvalue weighted by Gasteiger charge is 2.40. The molecule has 5 rings (SSSR count). The van der Waals surface area contributed by atoms with Crippen molar-refractivity contribution in [1.29, 1.82) is 0 Å². The molecule has 0 saturated carbocycles. The molecule has 1 fully saturated rings. The number of hydrogen-bond donors (Lipinski definition) is 0. The lowest BCUT2D eigenvalue weighted by molar-refractivity contribution is 0.279. The predicted octanol–water partition coefficient (Wildman–Crippen LogP) is 4.59. The van der Waals surface area contributed by atoms with Crippen LogP contribution in [0, 0.1) is 5.82 Å². The van der Waals surface area contributed by atoms with Gasteiger partial charge in [0, 0.05) is 24.3 Å². The Hall–Kier alpha value is -3.10. The van der Waals surface area contributed by atoms with Crippen molar-refractivity contribution in [3.63, 3.8) is 0 Å². The molecule has 1 saturated heterocycles. The Morgan fingerprint density at radius 3 is 2.59 bits per heavy atom. The van der Waals surface area contributed by atoms with Crippen LogP contribution < -0.4 is 0 Å². The summed E-state index contributed by atoms with van der Waals surface area (Å²) in [7, 11) is -3.61. The van der Waals surface area contributed by atoms with E-state index in [1.807, 2.05) is 61.7 Å². The Bertz CT molecular complexity index is 1370. The smallest absolute Gasteiger partial charge is 0.221 e. The number of hydrogen-bond acceptors (Lipinski definition) is 4. The third-order valence-corrected chi connectivity index (χ3v) is 8.57. The predicted molar refractivity (Wildman–Crippen MR) is 121 cm³/mol. The third kappa shape index (κ3) is 3.69.